The molecule has 1 saturated carbocycles. The van der Waals surface area contributed by atoms with Crippen molar-refractivity contribution in [1.29, 1.82) is 0 Å². The fourth-order valence-corrected chi connectivity index (χ4v) is 13.9. The van der Waals surface area contributed by atoms with Crippen molar-refractivity contribution < 1.29 is 43.2 Å². The monoisotopic (exact) mass is 808 g/mol. The Morgan fingerprint density at radius 1 is 1.00 bits per heavy atom. The Balaban J connectivity index is 1.28. The van der Waals surface area contributed by atoms with Gasteiger partial charge in [-0.3, -0.25) is 19.4 Å². The molecule has 4 unspecified atom stereocenters. The normalized spacial score (nSPS) is 38.7. The standard InChI is InChI=1S/C46H56N4O9/c1-8-42-16-12-18-50-20-17-44(37(42)50)30-21-31(34(55-5)22-33(30)48(4)38(44)46(54,41(53)57-7)39(42)58-26(3)51)45(40(52)56-6)23-27-24-49(25-43(9-2)36(27)59-43)19-15-29-28-13-10-11-14-32(28)47-35(29)45/h10-14,16,21-22,27,36-39,47,54H,8-9,15,17-20,23-25H2,1-7H3/t27?,36?,37-,38+,39+,42+,43?,44+,45-,46-/m0/s1. The number of H-pyrrole nitrogens is 1. The van der Waals surface area contributed by atoms with E-state index >= 15 is 4.79 Å². The van der Waals surface area contributed by atoms with Crippen molar-refractivity contribution in [2.24, 2.45) is 11.3 Å². The fraction of sp³-hybridized carbons (Fsp3) is 0.587. The summed E-state index contributed by atoms with van der Waals surface area (Å²) in [5.74, 6) is -1.37. The van der Waals surface area contributed by atoms with Crippen LogP contribution in [0.3, 0.4) is 0 Å². The predicted octanol–water partition coefficient (Wildman–Crippen LogP) is 4.01. The average Bonchev–Trinajstić information content (AvgIpc) is 3.53. The van der Waals surface area contributed by atoms with Gasteiger partial charge in [-0.25, -0.2) is 4.79 Å². The minimum Gasteiger partial charge on any atom is -0.496 e. The summed E-state index contributed by atoms with van der Waals surface area (Å²) in [6, 6.07) is 11.2. The van der Waals surface area contributed by atoms with Crippen LogP contribution < -0.4 is 9.64 Å². The molecular weight excluding hydrogens is 753 g/mol. The summed E-state index contributed by atoms with van der Waals surface area (Å²) < 4.78 is 30.7. The van der Waals surface area contributed by atoms with E-state index in [-0.39, 0.29) is 23.7 Å². The number of fused-ring (bicyclic) bond motifs is 8. The molecule has 0 radical (unpaired) electrons. The highest BCUT2D eigenvalue weighted by Crippen LogP contribution is 2.68. The second-order valence-electron chi connectivity index (χ2n) is 18.3. The highest BCUT2D eigenvalue weighted by atomic mass is 16.6. The Labute approximate surface area is 344 Å². The Bertz CT molecular complexity index is 2310. The van der Waals surface area contributed by atoms with Crippen LogP contribution in [0.4, 0.5) is 5.69 Å². The van der Waals surface area contributed by atoms with Crippen LogP contribution in [0.25, 0.3) is 10.9 Å². The summed E-state index contributed by atoms with van der Waals surface area (Å²) in [6.45, 7) is 9.32. The van der Waals surface area contributed by atoms with Crippen LogP contribution in [0.5, 0.6) is 5.75 Å². The maximum absolute atomic E-state index is 15.4. The number of nitrogens with zero attached hydrogens (tertiary/aromatic N) is 3. The van der Waals surface area contributed by atoms with Gasteiger partial charge in [-0.2, -0.15) is 0 Å². The third kappa shape index (κ3) is 4.73. The van der Waals surface area contributed by atoms with E-state index in [0.717, 1.165) is 59.5 Å². The fourth-order valence-electron chi connectivity index (χ4n) is 13.9. The molecular formula is C46H56N4O9. The molecule has 7 aliphatic rings. The number of esters is 3. The Hall–Kier alpha value is -4.43. The lowest BCUT2D eigenvalue weighted by atomic mass is 9.47. The number of aliphatic hydroxyl groups is 1. The molecule has 314 valence electrons. The van der Waals surface area contributed by atoms with Gasteiger partial charge in [0.1, 0.15) is 16.8 Å². The van der Waals surface area contributed by atoms with Crippen molar-refractivity contribution in [3.63, 3.8) is 0 Å². The van der Waals surface area contributed by atoms with Crippen molar-refractivity contribution in [2.45, 2.75) is 99.2 Å². The van der Waals surface area contributed by atoms with Crippen LogP contribution in [-0.2, 0) is 50.6 Å². The number of epoxide rings is 1. The number of hydrogen-bond acceptors (Lipinski definition) is 12. The van der Waals surface area contributed by atoms with Gasteiger partial charge >= 0.3 is 17.9 Å². The molecule has 6 aliphatic heterocycles. The van der Waals surface area contributed by atoms with E-state index in [1.807, 2.05) is 37.1 Å². The number of para-hydroxylation sites is 1. The zero-order valence-corrected chi connectivity index (χ0v) is 35.1. The quantitative estimate of drug-likeness (QED) is 0.154. The highest BCUT2D eigenvalue weighted by molar-refractivity contribution is 5.95. The summed E-state index contributed by atoms with van der Waals surface area (Å²) in [5.41, 5.74) is -0.627. The van der Waals surface area contributed by atoms with Crippen molar-refractivity contribution in [1.82, 2.24) is 14.8 Å². The number of carbonyl (C=O) groups is 3. The van der Waals surface area contributed by atoms with E-state index in [1.165, 1.54) is 21.1 Å². The van der Waals surface area contributed by atoms with E-state index in [0.29, 0.717) is 50.1 Å². The van der Waals surface area contributed by atoms with Crippen LogP contribution in [0.1, 0.15) is 68.8 Å². The summed E-state index contributed by atoms with van der Waals surface area (Å²) in [4.78, 5) is 53.5. The molecule has 11 atom stereocenters. The lowest BCUT2D eigenvalue weighted by molar-refractivity contribution is -0.228. The van der Waals surface area contributed by atoms with Gasteiger partial charge < -0.3 is 38.7 Å². The smallest absolute Gasteiger partial charge is 0.344 e. The van der Waals surface area contributed by atoms with Gasteiger partial charge in [0.2, 0.25) is 5.60 Å². The molecule has 1 aromatic heterocycles. The highest BCUT2D eigenvalue weighted by Gasteiger charge is 2.80. The predicted molar refractivity (Wildman–Crippen MR) is 218 cm³/mol. The van der Waals surface area contributed by atoms with Gasteiger partial charge in [-0.05, 0) is 61.9 Å². The van der Waals surface area contributed by atoms with Gasteiger partial charge in [0.05, 0.1) is 33.5 Å². The number of piperidine rings is 1. The second-order valence-corrected chi connectivity index (χ2v) is 18.3. The minimum atomic E-state index is -2.29. The number of rotatable bonds is 7. The van der Waals surface area contributed by atoms with Gasteiger partial charge in [-0.1, -0.05) is 44.2 Å². The molecule has 10 rings (SSSR count). The Kier molecular flexibility index (Phi) is 8.56. The third-order valence-corrected chi connectivity index (χ3v) is 16.0. The third-order valence-electron chi connectivity index (χ3n) is 16.0. The number of anilines is 1. The zero-order valence-electron chi connectivity index (χ0n) is 35.1. The Morgan fingerprint density at radius 3 is 2.49 bits per heavy atom. The average molecular weight is 809 g/mol. The first kappa shape index (κ1) is 38.8. The molecule has 59 heavy (non-hydrogen) atoms. The lowest BCUT2D eigenvalue weighted by Gasteiger charge is -2.63. The number of likely N-dealkylation sites (N-methyl/N-ethyl adjacent to an activating group) is 1. The molecule has 1 aliphatic carbocycles. The van der Waals surface area contributed by atoms with Crippen molar-refractivity contribution in [3.8, 4) is 5.75 Å². The van der Waals surface area contributed by atoms with Crippen LogP contribution in [-0.4, -0.2) is 134 Å². The first-order valence-electron chi connectivity index (χ1n) is 21.3. The number of aromatic amines is 1. The van der Waals surface area contributed by atoms with Gasteiger partial charge in [-0.15, -0.1) is 0 Å². The number of hydrogen-bond donors (Lipinski definition) is 2. The van der Waals surface area contributed by atoms with E-state index in [4.69, 9.17) is 23.7 Å². The number of nitrogens with one attached hydrogen (secondary N) is 1. The van der Waals surface area contributed by atoms with E-state index in [1.54, 1.807) is 7.11 Å². The number of ether oxygens (including phenoxy) is 5. The van der Waals surface area contributed by atoms with Crippen LogP contribution in [0.15, 0.2) is 48.6 Å². The lowest BCUT2D eigenvalue weighted by Crippen LogP contribution is -2.81. The van der Waals surface area contributed by atoms with E-state index in [9.17, 15) is 14.7 Å². The molecule has 0 amide bonds. The number of aromatic nitrogens is 1. The molecule has 2 bridgehead atoms. The molecule has 3 saturated heterocycles. The molecule has 13 heteroatoms. The van der Waals surface area contributed by atoms with Gasteiger partial charge in [0.15, 0.2) is 6.10 Å². The zero-order chi connectivity index (χ0) is 41.4. The maximum Gasteiger partial charge on any atom is 0.344 e. The molecule has 2 aromatic carbocycles. The molecule has 2 N–H and O–H groups in total. The minimum absolute atomic E-state index is 0.00603. The topological polar surface area (TPSA) is 146 Å². The van der Waals surface area contributed by atoms with Crippen LogP contribution >= 0.6 is 0 Å². The van der Waals surface area contributed by atoms with Gasteiger partial charge in [0.25, 0.3) is 0 Å². The Morgan fingerprint density at radius 2 is 1.78 bits per heavy atom. The largest absolute Gasteiger partial charge is 0.496 e. The summed E-state index contributed by atoms with van der Waals surface area (Å²) >= 11 is 0. The van der Waals surface area contributed by atoms with Crippen molar-refractivity contribution in [3.05, 3.63) is 70.9 Å². The number of benzene rings is 2. The summed E-state index contributed by atoms with van der Waals surface area (Å²) in [7, 11) is 6.23. The second kappa shape index (κ2) is 13.0. The van der Waals surface area contributed by atoms with Crippen molar-refractivity contribution in [2.75, 3.05) is 66.0 Å². The molecule has 3 aromatic rings. The number of methoxy groups -OCH3 is 3. The van der Waals surface area contributed by atoms with E-state index in [2.05, 4.69) is 52.1 Å². The SMILES string of the molecule is CCC12CN3CCc4c([nH]c5ccccc45)[C@@](C(=O)OC)(c4cc5c(cc4OC)N(C)[C@H]4[C@@](O)(C(=O)OC)[C@H](OC(C)=O)[C@]6(CC)C=CCN7CC[C@]54[C@@H]76)CC(C3)C1O2. The number of carbonyl (C=O) groups excluding carboxylic acids is 3. The summed E-state index contributed by atoms with van der Waals surface area (Å²) in [6.07, 6.45) is 5.94. The molecule has 4 fully saturated rings. The van der Waals surface area contributed by atoms with Crippen LogP contribution in [0, 0.1) is 11.3 Å². The van der Waals surface area contributed by atoms with E-state index < -0.39 is 51.9 Å². The van der Waals surface area contributed by atoms with Gasteiger partial charge in [0, 0.05) is 96.9 Å². The molecule has 7 heterocycles. The molecule has 13 nitrogen and oxygen atoms in total. The first-order valence-corrected chi connectivity index (χ1v) is 21.3. The van der Waals surface area contributed by atoms with Crippen LogP contribution in [0.2, 0.25) is 0 Å². The first-order chi connectivity index (χ1) is 28.3. The maximum atomic E-state index is 15.4. The molecule has 1 spiro atoms. The summed E-state index contributed by atoms with van der Waals surface area (Å²) in [5, 5.41) is 14.4. The van der Waals surface area contributed by atoms with Crippen molar-refractivity contribution >= 4 is 34.5 Å².